The first kappa shape index (κ1) is 8.58. The molecular formula is C7H11N3O2. The molecular weight excluding hydrogens is 158 g/mol. The van der Waals surface area contributed by atoms with Crippen molar-refractivity contribution >= 4 is 5.69 Å². The van der Waals surface area contributed by atoms with E-state index >= 15 is 0 Å². The van der Waals surface area contributed by atoms with E-state index in [0.717, 1.165) is 4.57 Å². The van der Waals surface area contributed by atoms with E-state index in [4.69, 9.17) is 0 Å². The lowest BCUT2D eigenvalue weighted by Gasteiger charge is -2.04. The summed E-state index contributed by atoms with van der Waals surface area (Å²) in [7, 11) is 4.69. The van der Waals surface area contributed by atoms with Gasteiger partial charge >= 0.3 is 5.69 Å². The fourth-order valence-corrected chi connectivity index (χ4v) is 0.980. The van der Waals surface area contributed by atoms with Crippen LogP contribution in [0.4, 0.5) is 5.69 Å². The predicted molar refractivity (Wildman–Crippen MR) is 46.5 cm³/mol. The first-order valence-electron chi connectivity index (χ1n) is 3.52. The van der Waals surface area contributed by atoms with Gasteiger partial charge in [0.05, 0.1) is 0 Å². The van der Waals surface area contributed by atoms with E-state index in [9.17, 15) is 9.59 Å². The van der Waals surface area contributed by atoms with Gasteiger partial charge in [0.1, 0.15) is 5.69 Å². The Hall–Kier alpha value is -1.52. The first-order chi connectivity index (χ1) is 5.57. The average molecular weight is 169 g/mol. The Bertz CT molecular complexity index is 402. The summed E-state index contributed by atoms with van der Waals surface area (Å²) in [6, 6.07) is 0. The van der Waals surface area contributed by atoms with Crippen LogP contribution in [0.15, 0.2) is 15.8 Å². The summed E-state index contributed by atoms with van der Waals surface area (Å²) < 4.78 is 2.42. The highest BCUT2D eigenvalue weighted by molar-refractivity contribution is 5.36. The van der Waals surface area contributed by atoms with E-state index in [0.29, 0.717) is 5.69 Å². The van der Waals surface area contributed by atoms with Gasteiger partial charge < -0.3 is 9.88 Å². The van der Waals surface area contributed by atoms with Gasteiger partial charge in [0, 0.05) is 27.3 Å². The van der Waals surface area contributed by atoms with Gasteiger partial charge in [0.2, 0.25) is 0 Å². The molecule has 5 heteroatoms. The maximum atomic E-state index is 11.3. The van der Waals surface area contributed by atoms with Crippen LogP contribution < -0.4 is 16.6 Å². The third kappa shape index (κ3) is 1.13. The van der Waals surface area contributed by atoms with Crippen molar-refractivity contribution in [2.24, 2.45) is 14.1 Å². The fraction of sp³-hybridized carbons (Fsp3) is 0.429. The molecule has 1 aromatic heterocycles. The van der Waals surface area contributed by atoms with Gasteiger partial charge in [-0.2, -0.15) is 0 Å². The number of anilines is 1. The molecule has 0 saturated heterocycles. The minimum Gasteiger partial charge on any atom is -0.382 e. The van der Waals surface area contributed by atoms with Crippen LogP contribution in [0.2, 0.25) is 0 Å². The van der Waals surface area contributed by atoms with Crippen molar-refractivity contribution in [1.29, 1.82) is 0 Å². The van der Waals surface area contributed by atoms with Gasteiger partial charge in [0.25, 0.3) is 5.56 Å². The van der Waals surface area contributed by atoms with Crippen LogP contribution in [0.5, 0.6) is 0 Å². The normalized spacial score (nSPS) is 9.92. The van der Waals surface area contributed by atoms with Gasteiger partial charge in [-0.3, -0.25) is 9.36 Å². The van der Waals surface area contributed by atoms with Crippen molar-refractivity contribution in [2.75, 3.05) is 12.4 Å². The van der Waals surface area contributed by atoms with Crippen molar-refractivity contribution in [3.05, 3.63) is 27.0 Å². The Balaban J connectivity index is 3.61. The van der Waals surface area contributed by atoms with Crippen molar-refractivity contribution in [2.45, 2.75) is 0 Å². The molecule has 0 aliphatic carbocycles. The smallest absolute Gasteiger partial charge is 0.330 e. The van der Waals surface area contributed by atoms with Crippen molar-refractivity contribution in [3.8, 4) is 0 Å². The highest BCUT2D eigenvalue weighted by Crippen LogP contribution is 1.90. The summed E-state index contributed by atoms with van der Waals surface area (Å²) in [4.78, 5) is 22.4. The monoisotopic (exact) mass is 169 g/mol. The second-order valence-corrected chi connectivity index (χ2v) is 2.55. The van der Waals surface area contributed by atoms with E-state index < -0.39 is 0 Å². The summed E-state index contributed by atoms with van der Waals surface area (Å²) in [5.74, 6) is 0. The maximum absolute atomic E-state index is 11.3. The number of rotatable bonds is 1. The number of nitrogens with one attached hydrogen (secondary N) is 1. The van der Waals surface area contributed by atoms with E-state index in [1.165, 1.54) is 17.8 Å². The number of nitrogens with zero attached hydrogens (tertiary/aromatic N) is 2. The van der Waals surface area contributed by atoms with Crippen LogP contribution >= 0.6 is 0 Å². The minimum absolute atomic E-state index is 0.305. The zero-order chi connectivity index (χ0) is 9.30. The molecule has 1 rings (SSSR count). The molecule has 0 spiro atoms. The van der Waals surface area contributed by atoms with Crippen LogP contribution in [0.1, 0.15) is 0 Å². The van der Waals surface area contributed by atoms with E-state index in [1.807, 2.05) is 0 Å². The number of aromatic nitrogens is 2. The summed E-state index contributed by atoms with van der Waals surface area (Å²) in [6.45, 7) is 0. The molecule has 0 fully saturated rings. The van der Waals surface area contributed by atoms with Gasteiger partial charge in [-0.1, -0.05) is 0 Å². The molecule has 1 heterocycles. The fourth-order valence-electron chi connectivity index (χ4n) is 0.980. The lowest BCUT2D eigenvalue weighted by atomic mass is 10.5. The molecule has 1 N–H and O–H groups in total. The third-order valence-corrected chi connectivity index (χ3v) is 1.72. The summed E-state index contributed by atoms with van der Waals surface area (Å²) >= 11 is 0. The van der Waals surface area contributed by atoms with E-state index in [1.54, 1.807) is 14.1 Å². The Kier molecular flexibility index (Phi) is 2.03. The van der Waals surface area contributed by atoms with Crippen molar-refractivity contribution < 1.29 is 0 Å². The molecule has 0 atom stereocenters. The van der Waals surface area contributed by atoms with E-state index in [2.05, 4.69) is 5.32 Å². The summed E-state index contributed by atoms with van der Waals surface area (Å²) in [5, 5.41) is 2.71. The Labute approximate surface area is 69.3 Å². The lowest BCUT2D eigenvalue weighted by Crippen LogP contribution is -2.37. The molecule has 0 unspecified atom stereocenters. The maximum Gasteiger partial charge on any atom is 0.330 e. The van der Waals surface area contributed by atoms with Gasteiger partial charge in [-0.15, -0.1) is 0 Å². The van der Waals surface area contributed by atoms with E-state index in [-0.39, 0.29) is 11.2 Å². The summed E-state index contributed by atoms with van der Waals surface area (Å²) in [6.07, 6.45) is 1.48. The minimum atomic E-state index is -0.320. The molecule has 1 aromatic rings. The van der Waals surface area contributed by atoms with Crippen LogP contribution in [0.25, 0.3) is 0 Å². The number of hydrogen-bond acceptors (Lipinski definition) is 3. The zero-order valence-corrected chi connectivity index (χ0v) is 7.29. The van der Waals surface area contributed by atoms with Crippen molar-refractivity contribution in [3.63, 3.8) is 0 Å². The number of hydrogen-bond donors (Lipinski definition) is 1. The summed E-state index contributed by atoms with van der Waals surface area (Å²) in [5.41, 5.74) is -0.209. The third-order valence-electron chi connectivity index (χ3n) is 1.72. The van der Waals surface area contributed by atoms with Crippen molar-refractivity contribution in [1.82, 2.24) is 9.13 Å². The number of aryl methyl sites for hydroxylation is 1. The molecule has 0 saturated carbocycles. The molecule has 0 bridgehead atoms. The molecule has 12 heavy (non-hydrogen) atoms. The van der Waals surface area contributed by atoms with Crippen LogP contribution in [-0.2, 0) is 14.1 Å². The quantitative estimate of drug-likeness (QED) is 0.594. The second kappa shape index (κ2) is 2.84. The van der Waals surface area contributed by atoms with Crippen LogP contribution in [-0.4, -0.2) is 16.2 Å². The Morgan fingerprint density at radius 3 is 2.42 bits per heavy atom. The molecule has 0 radical (unpaired) electrons. The molecule has 66 valence electrons. The molecule has 5 nitrogen and oxygen atoms in total. The zero-order valence-electron chi connectivity index (χ0n) is 7.29. The van der Waals surface area contributed by atoms with Crippen LogP contribution in [0.3, 0.4) is 0 Å². The first-order valence-corrected chi connectivity index (χ1v) is 3.52. The predicted octanol–water partition coefficient (Wildman–Crippen LogP) is -0.874. The average Bonchev–Trinajstić information content (AvgIpc) is 2.08. The molecule has 0 aliphatic heterocycles. The van der Waals surface area contributed by atoms with Gasteiger partial charge in [-0.05, 0) is 0 Å². The molecule has 0 aromatic carbocycles. The highest BCUT2D eigenvalue weighted by atomic mass is 16.2. The van der Waals surface area contributed by atoms with Gasteiger partial charge in [0.15, 0.2) is 0 Å². The van der Waals surface area contributed by atoms with Crippen LogP contribution in [0, 0.1) is 0 Å². The topological polar surface area (TPSA) is 56.0 Å². The largest absolute Gasteiger partial charge is 0.382 e. The standard InChI is InChI=1S/C7H11N3O2/c1-8-5-4-9(2)7(12)10(3)6(5)11/h4,8H,1-3H3. The second-order valence-electron chi connectivity index (χ2n) is 2.55. The Morgan fingerprint density at radius 2 is 1.92 bits per heavy atom. The lowest BCUT2D eigenvalue weighted by molar-refractivity contribution is 0.688. The highest BCUT2D eigenvalue weighted by Gasteiger charge is 2.03. The molecule has 0 aliphatic rings. The Morgan fingerprint density at radius 1 is 1.33 bits per heavy atom. The molecule has 0 amide bonds. The van der Waals surface area contributed by atoms with Gasteiger partial charge in [-0.25, -0.2) is 4.79 Å². The SMILES string of the molecule is CNc1cn(C)c(=O)n(C)c1=O.